The van der Waals surface area contributed by atoms with Crippen LogP contribution in [0, 0.1) is 11.3 Å². The van der Waals surface area contributed by atoms with Gasteiger partial charge < -0.3 is 10.6 Å². The Balaban J connectivity index is 3.18. The van der Waals surface area contributed by atoms with Crippen LogP contribution < -0.4 is 10.6 Å². The second-order valence-corrected chi connectivity index (χ2v) is 3.77. The van der Waals surface area contributed by atoms with E-state index in [9.17, 15) is 0 Å². The molecule has 3 heteroatoms. The van der Waals surface area contributed by atoms with E-state index in [2.05, 4.69) is 31.7 Å². The van der Waals surface area contributed by atoms with E-state index < -0.39 is 0 Å². The predicted octanol–water partition coefficient (Wildman–Crippen LogP) is 2.38. The number of nitrogens with zero attached hydrogens (tertiary/aromatic N) is 2. The van der Waals surface area contributed by atoms with Crippen molar-refractivity contribution in [2.24, 2.45) is 0 Å². The van der Waals surface area contributed by atoms with Crippen molar-refractivity contribution in [3.8, 4) is 6.07 Å². The summed E-state index contributed by atoms with van der Waals surface area (Å²) in [5.74, 6) is 0. The Labute approximate surface area is 91.1 Å². The van der Waals surface area contributed by atoms with Crippen LogP contribution in [0.3, 0.4) is 0 Å². The molecule has 1 aromatic rings. The van der Waals surface area contributed by atoms with Crippen LogP contribution in [0.25, 0.3) is 0 Å². The van der Waals surface area contributed by atoms with Crippen LogP contribution in [0.4, 0.5) is 11.4 Å². The van der Waals surface area contributed by atoms with Gasteiger partial charge in [0.25, 0.3) is 0 Å². The molecule has 0 saturated heterocycles. The molecule has 15 heavy (non-hydrogen) atoms. The van der Waals surface area contributed by atoms with E-state index in [4.69, 9.17) is 11.0 Å². The van der Waals surface area contributed by atoms with Gasteiger partial charge in [0.2, 0.25) is 0 Å². The molecule has 0 spiro atoms. The van der Waals surface area contributed by atoms with Crippen molar-refractivity contribution < 1.29 is 0 Å². The van der Waals surface area contributed by atoms with Gasteiger partial charge in [-0.2, -0.15) is 5.26 Å². The molecule has 0 aliphatic rings. The summed E-state index contributed by atoms with van der Waals surface area (Å²) in [7, 11) is 0. The second kappa shape index (κ2) is 4.70. The van der Waals surface area contributed by atoms with Crippen LogP contribution in [0.5, 0.6) is 0 Å². The van der Waals surface area contributed by atoms with Gasteiger partial charge >= 0.3 is 0 Å². The number of nitrogen functional groups attached to an aromatic ring is 1. The summed E-state index contributed by atoms with van der Waals surface area (Å²) in [6.45, 7) is 7.19. The van der Waals surface area contributed by atoms with Gasteiger partial charge in [-0.1, -0.05) is 0 Å². The zero-order valence-electron chi connectivity index (χ0n) is 9.49. The highest BCUT2D eigenvalue weighted by Crippen LogP contribution is 2.23. The number of hydrogen-bond donors (Lipinski definition) is 1. The highest BCUT2D eigenvalue weighted by atomic mass is 15.1. The number of anilines is 2. The Morgan fingerprint density at radius 1 is 1.47 bits per heavy atom. The van der Waals surface area contributed by atoms with Gasteiger partial charge in [-0.15, -0.1) is 0 Å². The lowest BCUT2D eigenvalue weighted by Crippen LogP contribution is -2.30. The lowest BCUT2D eigenvalue weighted by atomic mass is 10.1. The molecule has 0 atom stereocenters. The van der Waals surface area contributed by atoms with Gasteiger partial charge in [0.05, 0.1) is 11.3 Å². The summed E-state index contributed by atoms with van der Waals surface area (Å²) >= 11 is 0. The van der Waals surface area contributed by atoms with E-state index in [0.717, 1.165) is 12.2 Å². The maximum absolute atomic E-state index is 9.04. The molecular weight excluding hydrogens is 186 g/mol. The molecule has 80 valence electrons. The summed E-state index contributed by atoms with van der Waals surface area (Å²) < 4.78 is 0. The predicted molar refractivity (Wildman–Crippen MR) is 63.7 cm³/mol. The van der Waals surface area contributed by atoms with Crippen molar-refractivity contribution >= 4 is 11.4 Å². The molecule has 0 saturated carbocycles. The smallest absolute Gasteiger partial charge is 0.101 e. The Kier molecular flexibility index (Phi) is 3.56. The van der Waals surface area contributed by atoms with Gasteiger partial charge in [-0.3, -0.25) is 0 Å². The molecule has 0 bridgehead atoms. The summed E-state index contributed by atoms with van der Waals surface area (Å²) in [5, 5.41) is 9.04. The Morgan fingerprint density at radius 2 is 2.13 bits per heavy atom. The molecule has 3 nitrogen and oxygen atoms in total. The van der Waals surface area contributed by atoms with Gasteiger partial charge in [0, 0.05) is 18.3 Å². The normalized spacial score (nSPS) is 10.1. The molecule has 0 fully saturated rings. The molecular formula is C12H17N3. The van der Waals surface area contributed by atoms with Crippen LogP contribution in [0.1, 0.15) is 26.3 Å². The van der Waals surface area contributed by atoms with Crippen molar-refractivity contribution in [2.45, 2.75) is 26.8 Å². The van der Waals surface area contributed by atoms with Crippen LogP contribution in [-0.4, -0.2) is 12.6 Å². The summed E-state index contributed by atoms with van der Waals surface area (Å²) in [4.78, 5) is 2.18. The minimum Gasteiger partial charge on any atom is -0.399 e. The Bertz CT molecular complexity index is 377. The minimum absolute atomic E-state index is 0.380. The highest BCUT2D eigenvalue weighted by Gasteiger charge is 2.12. The zero-order valence-corrected chi connectivity index (χ0v) is 9.49. The van der Waals surface area contributed by atoms with Gasteiger partial charge in [-0.05, 0) is 39.0 Å². The fraction of sp³-hybridized carbons (Fsp3) is 0.417. The van der Waals surface area contributed by atoms with Crippen LogP contribution >= 0.6 is 0 Å². The molecule has 0 radical (unpaired) electrons. The van der Waals surface area contributed by atoms with Crippen molar-refractivity contribution in [3.05, 3.63) is 23.8 Å². The van der Waals surface area contributed by atoms with Gasteiger partial charge in [-0.25, -0.2) is 0 Å². The Morgan fingerprint density at radius 3 is 2.60 bits per heavy atom. The average Bonchev–Trinajstić information content (AvgIpc) is 2.20. The van der Waals surface area contributed by atoms with Crippen molar-refractivity contribution in [1.29, 1.82) is 5.26 Å². The molecule has 2 N–H and O–H groups in total. The fourth-order valence-corrected chi connectivity index (χ4v) is 1.71. The fourth-order valence-electron chi connectivity index (χ4n) is 1.71. The Hall–Kier alpha value is -1.69. The first-order valence-corrected chi connectivity index (χ1v) is 5.16. The van der Waals surface area contributed by atoms with Gasteiger partial charge in [0.1, 0.15) is 6.07 Å². The molecule has 0 unspecified atom stereocenters. The number of nitriles is 1. The molecule has 0 aromatic heterocycles. The number of nitrogens with two attached hydrogens (primary N) is 1. The van der Waals surface area contributed by atoms with E-state index >= 15 is 0 Å². The zero-order chi connectivity index (χ0) is 11.4. The third-order valence-corrected chi connectivity index (χ3v) is 2.41. The molecule has 0 aliphatic heterocycles. The van der Waals surface area contributed by atoms with E-state index in [1.54, 1.807) is 6.07 Å². The molecule has 0 aliphatic carbocycles. The summed E-state index contributed by atoms with van der Waals surface area (Å²) in [5.41, 5.74) is 7.89. The topological polar surface area (TPSA) is 53.0 Å². The number of rotatable bonds is 3. The monoisotopic (exact) mass is 203 g/mol. The minimum atomic E-state index is 0.380. The van der Waals surface area contributed by atoms with Crippen molar-refractivity contribution in [1.82, 2.24) is 0 Å². The number of benzene rings is 1. The van der Waals surface area contributed by atoms with E-state index in [-0.39, 0.29) is 0 Å². The molecule has 1 aromatic carbocycles. The standard InChI is InChI=1S/C12H17N3/c1-4-15(9(2)3)12-6-5-11(14)7-10(12)8-13/h5-7,9H,4,14H2,1-3H3. The van der Waals surface area contributed by atoms with Crippen molar-refractivity contribution in [2.75, 3.05) is 17.2 Å². The molecule has 0 amide bonds. The maximum atomic E-state index is 9.04. The first kappa shape index (κ1) is 11.4. The quantitative estimate of drug-likeness (QED) is 0.767. The average molecular weight is 203 g/mol. The van der Waals surface area contributed by atoms with Crippen molar-refractivity contribution in [3.63, 3.8) is 0 Å². The first-order valence-electron chi connectivity index (χ1n) is 5.16. The highest BCUT2D eigenvalue weighted by molar-refractivity contribution is 5.64. The largest absolute Gasteiger partial charge is 0.399 e. The molecule has 0 heterocycles. The third-order valence-electron chi connectivity index (χ3n) is 2.41. The van der Waals surface area contributed by atoms with E-state index in [1.807, 2.05) is 12.1 Å². The number of hydrogen-bond acceptors (Lipinski definition) is 3. The van der Waals surface area contributed by atoms with E-state index in [1.165, 1.54) is 0 Å². The summed E-state index contributed by atoms with van der Waals surface area (Å²) in [6, 6.07) is 8.04. The van der Waals surface area contributed by atoms with Crippen LogP contribution in [0.15, 0.2) is 18.2 Å². The lowest BCUT2D eigenvalue weighted by Gasteiger charge is -2.28. The molecule has 1 rings (SSSR count). The van der Waals surface area contributed by atoms with Crippen LogP contribution in [0.2, 0.25) is 0 Å². The van der Waals surface area contributed by atoms with Gasteiger partial charge in [0.15, 0.2) is 0 Å². The lowest BCUT2D eigenvalue weighted by molar-refractivity contribution is 0.703. The SMILES string of the molecule is CCN(c1ccc(N)cc1C#N)C(C)C. The third kappa shape index (κ3) is 2.41. The maximum Gasteiger partial charge on any atom is 0.101 e. The van der Waals surface area contributed by atoms with Crippen LogP contribution in [-0.2, 0) is 0 Å². The van der Waals surface area contributed by atoms with E-state index in [0.29, 0.717) is 17.3 Å². The second-order valence-electron chi connectivity index (χ2n) is 3.77. The summed E-state index contributed by atoms with van der Waals surface area (Å²) in [6.07, 6.45) is 0. The first-order chi connectivity index (χ1) is 7.10.